The van der Waals surface area contributed by atoms with E-state index in [4.69, 9.17) is 5.11 Å². The van der Waals surface area contributed by atoms with E-state index in [1.165, 1.54) is 11.3 Å². The predicted octanol–water partition coefficient (Wildman–Crippen LogP) is 4.18. The molecule has 0 saturated carbocycles. The largest absolute Gasteiger partial charge is 0.481 e. The van der Waals surface area contributed by atoms with Crippen molar-refractivity contribution in [3.05, 3.63) is 34.7 Å². The Morgan fingerprint density at radius 2 is 1.87 bits per heavy atom. The van der Waals surface area contributed by atoms with Gasteiger partial charge < -0.3 is 10.0 Å². The highest BCUT2D eigenvalue weighted by molar-refractivity contribution is 7.21. The number of aryl methyl sites for hydroxylation is 1. The normalized spacial score (nSPS) is 10.9. The van der Waals surface area contributed by atoms with E-state index >= 15 is 0 Å². The standard InChI is InChI=1S/C18H23NO3S/c1-3-7-14-13-8-5-6-9-15(13)23-17(14)18(22)19(11-4-2)12-10-16(20)21/h5-6,8-9H,3-4,7,10-12H2,1-2H3,(H,20,21). The van der Waals surface area contributed by atoms with E-state index < -0.39 is 5.97 Å². The molecule has 0 radical (unpaired) electrons. The van der Waals surface area contributed by atoms with Gasteiger partial charge in [0.2, 0.25) is 0 Å². The number of rotatable bonds is 8. The molecule has 1 heterocycles. The zero-order chi connectivity index (χ0) is 16.8. The number of benzene rings is 1. The summed E-state index contributed by atoms with van der Waals surface area (Å²) in [4.78, 5) is 26.2. The first-order valence-electron chi connectivity index (χ1n) is 8.09. The third-order valence-electron chi connectivity index (χ3n) is 3.77. The van der Waals surface area contributed by atoms with Crippen LogP contribution in [-0.2, 0) is 11.2 Å². The highest BCUT2D eigenvalue weighted by Crippen LogP contribution is 2.33. The van der Waals surface area contributed by atoms with E-state index in [2.05, 4.69) is 13.0 Å². The summed E-state index contributed by atoms with van der Waals surface area (Å²) < 4.78 is 1.12. The van der Waals surface area contributed by atoms with Crippen molar-refractivity contribution in [1.29, 1.82) is 0 Å². The van der Waals surface area contributed by atoms with Crippen LogP contribution in [-0.4, -0.2) is 35.0 Å². The Bertz CT molecular complexity index is 693. The van der Waals surface area contributed by atoms with E-state index in [9.17, 15) is 9.59 Å². The molecular weight excluding hydrogens is 310 g/mol. The van der Waals surface area contributed by atoms with Crippen molar-refractivity contribution in [2.45, 2.75) is 39.5 Å². The van der Waals surface area contributed by atoms with Crippen LogP contribution in [0.3, 0.4) is 0 Å². The van der Waals surface area contributed by atoms with Crippen LogP contribution in [0.25, 0.3) is 10.1 Å². The maximum Gasteiger partial charge on any atom is 0.305 e. The van der Waals surface area contributed by atoms with Crippen LogP contribution in [0.4, 0.5) is 0 Å². The van der Waals surface area contributed by atoms with Crippen molar-refractivity contribution in [3.8, 4) is 0 Å². The third kappa shape index (κ3) is 4.10. The molecule has 1 aromatic carbocycles. The number of carbonyl (C=O) groups excluding carboxylic acids is 1. The highest BCUT2D eigenvalue weighted by atomic mass is 32.1. The van der Waals surface area contributed by atoms with Crippen LogP contribution in [0.15, 0.2) is 24.3 Å². The Morgan fingerprint density at radius 3 is 2.52 bits per heavy atom. The molecule has 23 heavy (non-hydrogen) atoms. The van der Waals surface area contributed by atoms with Crippen molar-refractivity contribution >= 4 is 33.3 Å². The van der Waals surface area contributed by atoms with Crippen LogP contribution in [0.5, 0.6) is 0 Å². The van der Waals surface area contributed by atoms with E-state index in [1.807, 2.05) is 25.1 Å². The molecule has 0 bridgehead atoms. The van der Waals surface area contributed by atoms with Gasteiger partial charge in [-0.2, -0.15) is 0 Å². The summed E-state index contributed by atoms with van der Waals surface area (Å²) in [5.74, 6) is -0.901. The average molecular weight is 333 g/mol. The predicted molar refractivity (Wildman–Crippen MR) is 94.3 cm³/mol. The van der Waals surface area contributed by atoms with Crippen molar-refractivity contribution in [1.82, 2.24) is 4.90 Å². The summed E-state index contributed by atoms with van der Waals surface area (Å²) in [5, 5.41) is 10.1. The zero-order valence-electron chi connectivity index (χ0n) is 13.7. The van der Waals surface area contributed by atoms with Gasteiger partial charge in [-0.25, -0.2) is 0 Å². The van der Waals surface area contributed by atoms with Crippen molar-refractivity contribution in [2.75, 3.05) is 13.1 Å². The van der Waals surface area contributed by atoms with E-state index in [1.54, 1.807) is 4.90 Å². The van der Waals surface area contributed by atoms with Gasteiger partial charge in [-0.15, -0.1) is 11.3 Å². The molecule has 0 spiro atoms. The molecule has 1 amide bonds. The van der Waals surface area contributed by atoms with Crippen LogP contribution < -0.4 is 0 Å². The molecule has 5 heteroatoms. The van der Waals surface area contributed by atoms with Crippen LogP contribution in [0.1, 0.15) is 48.3 Å². The number of carbonyl (C=O) groups is 2. The monoisotopic (exact) mass is 333 g/mol. The molecule has 0 aliphatic rings. The molecule has 2 aromatic rings. The Kier molecular flexibility index (Phi) is 6.16. The van der Waals surface area contributed by atoms with Gasteiger partial charge in [0.1, 0.15) is 0 Å². The van der Waals surface area contributed by atoms with Gasteiger partial charge in [0.05, 0.1) is 11.3 Å². The minimum atomic E-state index is -0.871. The van der Waals surface area contributed by atoms with Gasteiger partial charge in [0.15, 0.2) is 0 Å². The molecule has 0 aliphatic heterocycles. The number of carboxylic acids is 1. The lowest BCUT2D eigenvalue weighted by Gasteiger charge is -2.21. The number of aliphatic carboxylic acids is 1. The summed E-state index contributed by atoms with van der Waals surface area (Å²) in [6, 6.07) is 8.08. The summed E-state index contributed by atoms with van der Waals surface area (Å²) >= 11 is 1.52. The van der Waals surface area contributed by atoms with Crippen LogP contribution >= 0.6 is 11.3 Å². The summed E-state index contributed by atoms with van der Waals surface area (Å²) in [7, 11) is 0. The van der Waals surface area contributed by atoms with Gasteiger partial charge in [0, 0.05) is 17.8 Å². The quantitative estimate of drug-likeness (QED) is 0.788. The van der Waals surface area contributed by atoms with Crippen molar-refractivity contribution in [3.63, 3.8) is 0 Å². The molecule has 4 nitrogen and oxygen atoms in total. The minimum absolute atomic E-state index is 0.0141. The summed E-state index contributed by atoms with van der Waals surface area (Å²) in [6.45, 7) is 4.96. The SMILES string of the molecule is CCCc1c(C(=O)N(CCC)CCC(=O)O)sc2ccccc12. The Labute approximate surface area is 140 Å². The summed E-state index contributed by atoms with van der Waals surface area (Å²) in [5.41, 5.74) is 1.11. The lowest BCUT2D eigenvalue weighted by atomic mass is 10.1. The van der Waals surface area contributed by atoms with E-state index in [0.717, 1.165) is 39.8 Å². The Morgan fingerprint density at radius 1 is 1.13 bits per heavy atom. The van der Waals surface area contributed by atoms with E-state index in [-0.39, 0.29) is 18.9 Å². The number of thiophene rings is 1. The number of carboxylic acid groups (broad SMARTS) is 1. The fraction of sp³-hybridized carbons (Fsp3) is 0.444. The lowest BCUT2D eigenvalue weighted by molar-refractivity contribution is -0.137. The molecule has 1 aromatic heterocycles. The number of nitrogens with zero attached hydrogens (tertiary/aromatic N) is 1. The van der Waals surface area contributed by atoms with Crippen molar-refractivity contribution < 1.29 is 14.7 Å². The number of hydrogen-bond donors (Lipinski definition) is 1. The molecule has 2 rings (SSSR count). The molecular formula is C18H23NO3S. The first-order valence-corrected chi connectivity index (χ1v) is 8.91. The summed E-state index contributed by atoms with van der Waals surface area (Å²) in [6.07, 6.45) is 2.65. The topological polar surface area (TPSA) is 57.6 Å². The number of fused-ring (bicyclic) bond motifs is 1. The third-order valence-corrected chi connectivity index (χ3v) is 4.97. The lowest BCUT2D eigenvalue weighted by Crippen LogP contribution is -2.33. The van der Waals surface area contributed by atoms with Gasteiger partial charge in [-0.1, -0.05) is 38.5 Å². The molecule has 0 unspecified atom stereocenters. The van der Waals surface area contributed by atoms with E-state index in [0.29, 0.717) is 6.54 Å². The number of hydrogen-bond acceptors (Lipinski definition) is 3. The highest BCUT2D eigenvalue weighted by Gasteiger charge is 2.22. The maximum absolute atomic E-state index is 13.0. The Hall–Kier alpha value is -1.88. The molecule has 1 N–H and O–H groups in total. The van der Waals surface area contributed by atoms with Gasteiger partial charge in [0.25, 0.3) is 5.91 Å². The first-order chi connectivity index (χ1) is 11.1. The van der Waals surface area contributed by atoms with Crippen LogP contribution in [0, 0.1) is 0 Å². The molecule has 0 aliphatic carbocycles. The Balaban J connectivity index is 2.37. The molecule has 0 saturated heterocycles. The van der Waals surface area contributed by atoms with Crippen molar-refractivity contribution in [2.24, 2.45) is 0 Å². The number of amides is 1. The van der Waals surface area contributed by atoms with Gasteiger partial charge in [-0.3, -0.25) is 9.59 Å². The first kappa shape index (κ1) is 17.5. The maximum atomic E-state index is 13.0. The molecule has 124 valence electrons. The fourth-order valence-electron chi connectivity index (χ4n) is 2.73. The fourth-order valence-corrected chi connectivity index (χ4v) is 3.95. The van der Waals surface area contributed by atoms with Gasteiger partial charge in [-0.05, 0) is 29.9 Å². The second-order valence-electron chi connectivity index (χ2n) is 5.59. The van der Waals surface area contributed by atoms with Gasteiger partial charge >= 0.3 is 5.97 Å². The second kappa shape index (κ2) is 8.11. The average Bonchev–Trinajstić information content (AvgIpc) is 2.90. The molecule has 0 fully saturated rings. The smallest absolute Gasteiger partial charge is 0.305 e. The second-order valence-corrected chi connectivity index (χ2v) is 6.64. The minimum Gasteiger partial charge on any atom is -0.481 e. The molecule has 0 atom stereocenters. The van der Waals surface area contributed by atoms with Crippen LogP contribution in [0.2, 0.25) is 0 Å². The zero-order valence-corrected chi connectivity index (χ0v) is 14.5.